The highest BCUT2D eigenvalue weighted by atomic mass is 16.5. The summed E-state index contributed by atoms with van der Waals surface area (Å²) >= 11 is 0. The van der Waals surface area contributed by atoms with Gasteiger partial charge in [-0.2, -0.15) is 0 Å². The fraction of sp³-hybridized carbons (Fsp3) is 0.474. The molecule has 1 aliphatic heterocycles. The second-order valence-corrected chi connectivity index (χ2v) is 6.33. The van der Waals surface area contributed by atoms with E-state index in [1.54, 1.807) is 26.5 Å². The van der Waals surface area contributed by atoms with Gasteiger partial charge in [-0.1, -0.05) is 0 Å². The van der Waals surface area contributed by atoms with Gasteiger partial charge in [0, 0.05) is 45.3 Å². The minimum absolute atomic E-state index is 0.566. The zero-order valence-electron chi connectivity index (χ0n) is 14.9. The predicted octanol–water partition coefficient (Wildman–Crippen LogP) is 2.15. The van der Waals surface area contributed by atoms with E-state index in [2.05, 4.69) is 21.9 Å². The molecule has 0 radical (unpaired) electrons. The van der Waals surface area contributed by atoms with Crippen molar-refractivity contribution in [2.75, 3.05) is 46.9 Å². The lowest BCUT2D eigenvalue weighted by molar-refractivity contribution is 0.0597. The topological polar surface area (TPSA) is 58.3 Å². The molecule has 1 atom stereocenters. The van der Waals surface area contributed by atoms with Crippen LogP contribution in [0.1, 0.15) is 17.4 Å². The molecule has 25 heavy (non-hydrogen) atoms. The van der Waals surface area contributed by atoms with Gasteiger partial charge in [-0.25, -0.2) is 0 Å². The second kappa shape index (κ2) is 8.38. The second-order valence-electron chi connectivity index (χ2n) is 6.33. The Hall–Kier alpha value is -2.02. The highest BCUT2D eigenvalue weighted by Crippen LogP contribution is 2.24. The molecule has 0 aliphatic carbocycles. The van der Waals surface area contributed by atoms with Crippen LogP contribution in [-0.2, 0) is 6.54 Å². The summed E-state index contributed by atoms with van der Waals surface area (Å²) in [6.07, 6.45) is 1.03. The average molecular weight is 346 g/mol. The lowest BCUT2D eigenvalue weighted by Gasteiger charge is -2.35. The molecule has 6 heteroatoms. The molecule has 0 amide bonds. The van der Waals surface area contributed by atoms with Crippen LogP contribution in [0.15, 0.2) is 41.0 Å². The summed E-state index contributed by atoms with van der Waals surface area (Å²) < 4.78 is 15.9. The smallest absolute Gasteiger partial charge is 0.133 e. The first-order valence-corrected chi connectivity index (χ1v) is 8.56. The number of furan rings is 1. The third-order valence-electron chi connectivity index (χ3n) is 4.59. The molecule has 1 saturated heterocycles. The minimum Gasteiger partial charge on any atom is -0.497 e. The van der Waals surface area contributed by atoms with Crippen molar-refractivity contribution in [2.45, 2.75) is 12.6 Å². The van der Waals surface area contributed by atoms with Gasteiger partial charge < -0.3 is 19.0 Å². The number of β-amino-alcohol motifs (C(OH)–C–C–N with tert-alkyl or cyclic N) is 1. The number of nitrogens with zero attached hydrogens (tertiary/aromatic N) is 2. The van der Waals surface area contributed by atoms with Crippen molar-refractivity contribution in [1.82, 2.24) is 9.80 Å². The summed E-state index contributed by atoms with van der Waals surface area (Å²) in [6, 6.07) is 9.61. The van der Waals surface area contributed by atoms with Gasteiger partial charge in [-0.3, -0.25) is 9.80 Å². The SMILES string of the molecule is COc1cc(CN2CCN(C[C@@H](O)c3ccco3)CC2)cc(OC)c1. The maximum atomic E-state index is 10.2. The van der Waals surface area contributed by atoms with Gasteiger partial charge in [0.2, 0.25) is 0 Å². The molecule has 1 aromatic heterocycles. The van der Waals surface area contributed by atoms with Crippen LogP contribution < -0.4 is 9.47 Å². The quantitative estimate of drug-likeness (QED) is 0.829. The number of hydrogen-bond donors (Lipinski definition) is 1. The van der Waals surface area contributed by atoms with Crippen LogP contribution in [0.5, 0.6) is 11.5 Å². The Kier molecular flexibility index (Phi) is 5.96. The monoisotopic (exact) mass is 346 g/mol. The first-order chi connectivity index (χ1) is 12.2. The molecule has 1 fully saturated rings. The average Bonchev–Trinajstić information content (AvgIpc) is 3.18. The van der Waals surface area contributed by atoms with Crippen molar-refractivity contribution in [1.29, 1.82) is 0 Å². The van der Waals surface area contributed by atoms with E-state index >= 15 is 0 Å². The zero-order valence-corrected chi connectivity index (χ0v) is 14.9. The van der Waals surface area contributed by atoms with Gasteiger partial charge >= 0.3 is 0 Å². The number of benzene rings is 1. The molecular formula is C19H26N2O4. The summed E-state index contributed by atoms with van der Waals surface area (Å²) in [5, 5.41) is 10.2. The first-order valence-electron chi connectivity index (χ1n) is 8.56. The van der Waals surface area contributed by atoms with E-state index < -0.39 is 6.10 Å². The van der Waals surface area contributed by atoms with E-state index in [9.17, 15) is 5.11 Å². The number of ether oxygens (including phenoxy) is 2. The maximum absolute atomic E-state index is 10.2. The molecule has 2 aromatic rings. The Balaban J connectivity index is 1.51. The van der Waals surface area contributed by atoms with E-state index in [0.29, 0.717) is 12.3 Å². The van der Waals surface area contributed by atoms with E-state index in [1.165, 1.54) is 5.56 Å². The Labute approximate surface area is 148 Å². The number of aliphatic hydroxyl groups is 1. The van der Waals surface area contributed by atoms with Crippen LogP contribution >= 0.6 is 0 Å². The molecule has 0 saturated carbocycles. The van der Waals surface area contributed by atoms with Gasteiger partial charge in [0.25, 0.3) is 0 Å². The van der Waals surface area contributed by atoms with Crippen molar-refractivity contribution in [3.05, 3.63) is 47.9 Å². The standard InChI is InChI=1S/C19H26N2O4/c1-23-16-10-15(11-17(12-16)24-2)13-20-5-7-21(8-6-20)14-18(22)19-4-3-9-25-19/h3-4,9-12,18,22H,5-8,13-14H2,1-2H3/t18-/m1/s1. The summed E-state index contributed by atoms with van der Waals surface area (Å²) in [5.74, 6) is 2.26. The number of hydrogen-bond acceptors (Lipinski definition) is 6. The number of piperazine rings is 1. The summed E-state index contributed by atoms with van der Waals surface area (Å²) in [4.78, 5) is 4.68. The van der Waals surface area contributed by atoms with Crippen molar-refractivity contribution in [2.24, 2.45) is 0 Å². The van der Waals surface area contributed by atoms with E-state index in [4.69, 9.17) is 13.9 Å². The highest BCUT2D eigenvalue weighted by Gasteiger charge is 2.21. The maximum Gasteiger partial charge on any atom is 0.133 e. The largest absolute Gasteiger partial charge is 0.497 e. The van der Waals surface area contributed by atoms with Crippen LogP contribution in [-0.4, -0.2) is 61.8 Å². The van der Waals surface area contributed by atoms with Crippen molar-refractivity contribution in [3.8, 4) is 11.5 Å². The lowest BCUT2D eigenvalue weighted by Crippen LogP contribution is -2.47. The van der Waals surface area contributed by atoms with Gasteiger partial charge in [-0.05, 0) is 29.8 Å². The van der Waals surface area contributed by atoms with Crippen LogP contribution in [0.3, 0.4) is 0 Å². The van der Waals surface area contributed by atoms with Crippen molar-refractivity contribution >= 4 is 0 Å². The Morgan fingerprint density at radius 2 is 1.68 bits per heavy atom. The van der Waals surface area contributed by atoms with Gasteiger partial charge in [-0.15, -0.1) is 0 Å². The molecule has 1 N–H and O–H groups in total. The van der Waals surface area contributed by atoms with Crippen molar-refractivity contribution < 1.29 is 19.0 Å². The third kappa shape index (κ3) is 4.75. The normalized spacial score (nSPS) is 17.4. The van der Waals surface area contributed by atoms with Crippen LogP contribution in [0.25, 0.3) is 0 Å². The third-order valence-corrected chi connectivity index (χ3v) is 4.59. The highest BCUT2D eigenvalue weighted by molar-refractivity contribution is 5.38. The molecule has 2 heterocycles. The molecule has 0 unspecified atom stereocenters. The molecular weight excluding hydrogens is 320 g/mol. The fourth-order valence-corrected chi connectivity index (χ4v) is 3.16. The van der Waals surface area contributed by atoms with Gasteiger partial charge in [0.1, 0.15) is 23.4 Å². The Bertz CT molecular complexity index is 629. The fourth-order valence-electron chi connectivity index (χ4n) is 3.16. The summed E-state index contributed by atoms with van der Waals surface area (Å²) in [6.45, 7) is 5.25. The number of methoxy groups -OCH3 is 2. The van der Waals surface area contributed by atoms with Gasteiger partial charge in [0.05, 0.1) is 20.5 Å². The number of aliphatic hydroxyl groups excluding tert-OH is 1. The molecule has 0 bridgehead atoms. The van der Waals surface area contributed by atoms with Crippen LogP contribution in [0.2, 0.25) is 0 Å². The van der Waals surface area contributed by atoms with E-state index in [1.807, 2.05) is 12.1 Å². The molecule has 1 aliphatic rings. The van der Waals surface area contributed by atoms with Crippen molar-refractivity contribution in [3.63, 3.8) is 0 Å². The van der Waals surface area contributed by atoms with E-state index in [-0.39, 0.29) is 0 Å². The van der Waals surface area contributed by atoms with E-state index in [0.717, 1.165) is 44.2 Å². The molecule has 1 aromatic carbocycles. The minimum atomic E-state index is -0.566. The Morgan fingerprint density at radius 3 is 2.24 bits per heavy atom. The number of rotatable bonds is 7. The van der Waals surface area contributed by atoms with Crippen LogP contribution in [0.4, 0.5) is 0 Å². The van der Waals surface area contributed by atoms with Crippen LogP contribution in [0, 0.1) is 0 Å². The van der Waals surface area contributed by atoms with Gasteiger partial charge in [0.15, 0.2) is 0 Å². The summed E-state index contributed by atoms with van der Waals surface area (Å²) in [7, 11) is 3.34. The summed E-state index contributed by atoms with van der Waals surface area (Å²) in [5.41, 5.74) is 1.18. The molecule has 0 spiro atoms. The Morgan fingerprint density at radius 1 is 1.04 bits per heavy atom. The predicted molar refractivity (Wildman–Crippen MR) is 94.9 cm³/mol. The molecule has 136 valence electrons. The lowest BCUT2D eigenvalue weighted by atomic mass is 10.1. The zero-order chi connectivity index (χ0) is 17.6. The molecule has 6 nitrogen and oxygen atoms in total. The first kappa shape index (κ1) is 17.8. The molecule has 3 rings (SSSR count).